The monoisotopic (exact) mass is 246 g/mol. The standard InChI is InChI=1S/C16H22O2/c1-11(2)12-3-5-13(6-4-12)14-7-8-15-16(9-14)18-10-17-15/h7-9,11-13H,3-6,10H2,1-2H3. The molecule has 2 nitrogen and oxygen atoms in total. The van der Waals surface area contributed by atoms with Gasteiger partial charge in [0, 0.05) is 0 Å². The van der Waals surface area contributed by atoms with Gasteiger partial charge in [-0.15, -0.1) is 0 Å². The third kappa shape index (κ3) is 2.21. The minimum absolute atomic E-state index is 0.374. The van der Waals surface area contributed by atoms with Crippen LogP contribution < -0.4 is 9.47 Å². The predicted molar refractivity (Wildman–Crippen MR) is 72.1 cm³/mol. The Balaban J connectivity index is 1.69. The Morgan fingerprint density at radius 2 is 1.72 bits per heavy atom. The SMILES string of the molecule is CC(C)C1CCC(c2ccc3c(c2)OCO3)CC1. The van der Waals surface area contributed by atoms with Gasteiger partial charge in [-0.25, -0.2) is 0 Å². The molecule has 3 rings (SSSR count). The van der Waals surface area contributed by atoms with E-state index in [1.807, 2.05) is 0 Å². The maximum Gasteiger partial charge on any atom is 0.231 e. The van der Waals surface area contributed by atoms with Crippen molar-refractivity contribution in [1.29, 1.82) is 0 Å². The first-order chi connectivity index (χ1) is 8.74. The number of fused-ring (bicyclic) bond motifs is 1. The molecule has 0 amide bonds. The number of rotatable bonds is 2. The third-order valence-electron chi connectivity index (χ3n) is 4.58. The molecule has 1 aromatic rings. The van der Waals surface area contributed by atoms with Crippen molar-refractivity contribution in [3.05, 3.63) is 23.8 Å². The van der Waals surface area contributed by atoms with Crippen LogP contribution in [-0.4, -0.2) is 6.79 Å². The summed E-state index contributed by atoms with van der Waals surface area (Å²) in [5.41, 5.74) is 1.43. The van der Waals surface area contributed by atoms with E-state index in [2.05, 4.69) is 32.0 Å². The summed E-state index contributed by atoms with van der Waals surface area (Å²) >= 11 is 0. The Kier molecular flexibility index (Phi) is 3.19. The Morgan fingerprint density at radius 1 is 1.00 bits per heavy atom. The van der Waals surface area contributed by atoms with Crippen LogP contribution in [0.3, 0.4) is 0 Å². The number of hydrogen-bond acceptors (Lipinski definition) is 2. The van der Waals surface area contributed by atoms with Gasteiger partial charge in [0.2, 0.25) is 6.79 Å². The van der Waals surface area contributed by atoms with Crippen LogP contribution in [0.25, 0.3) is 0 Å². The van der Waals surface area contributed by atoms with Gasteiger partial charge in [-0.2, -0.15) is 0 Å². The fourth-order valence-electron chi connectivity index (χ4n) is 3.29. The molecule has 1 aliphatic heterocycles. The molecule has 1 aromatic carbocycles. The van der Waals surface area contributed by atoms with Gasteiger partial charge in [-0.1, -0.05) is 19.9 Å². The number of ether oxygens (including phenoxy) is 2. The minimum atomic E-state index is 0.374. The van der Waals surface area contributed by atoms with Crippen molar-refractivity contribution in [2.75, 3.05) is 6.79 Å². The van der Waals surface area contributed by atoms with Crippen LogP contribution in [0.5, 0.6) is 11.5 Å². The van der Waals surface area contributed by atoms with Crippen molar-refractivity contribution < 1.29 is 9.47 Å². The molecule has 2 aliphatic rings. The molecule has 0 N–H and O–H groups in total. The van der Waals surface area contributed by atoms with E-state index in [9.17, 15) is 0 Å². The van der Waals surface area contributed by atoms with E-state index < -0.39 is 0 Å². The Hall–Kier alpha value is -1.18. The fraction of sp³-hybridized carbons (Fsp3) is 0.625. The quantitative estimate of drug-likeness (QED) is 0.772. The van der Waals surface area contributed by atoms with Crippen LogP contribution in [0.15, 0.2) is 18.2 Å². The molecular weight excluding hydrogens is 224 g/mol. The highest BCUT2D eigenvalue weighted by atomic mass is 16.7. The lowest BCUT2D eigenvalue weighted by Gasteiger charge is -2.31. The van der Waals surface area contributed by atoms with Gasteiger partial charge >= 0.3 is 0 Å². The zero-order valence-corrected chi connectivity index (χ0v) is 11.3. The molecule has 1 fully saturated rings. The van der Waals surface area contributed by atoms with E-state index in [-0.39, 0.29) is 0 Å². The van der Waals surface area contributed by atoms with Gasteiger partial charge < -0.3 is 9.47 Å². The highest BCUT2D eigenvalue weighted by Gasteiger charge is 2.25. The molecule has 1 saturated carbocycles. The Bertz CT molecular complexity index is 417. The summed E-state index contributed by atoms with van der Waals surface area (Å²) in [7, 11) is 0. The highest BCUT2D eigenvalue weighted by Crippen LogP contribution is 2.41. The molecule has 0 atom stereocenters. The van der Waals surface area contributed by atoms with Crippen molar-refractivity contribution >= 4 is 0 Å². The van der Waals surface area contributed by atoms with Crippen molar-refractivity contribution in [2.24, 2.45) is 11.8 Å². The summed E-state index contributed by atoms with van der Waals surface area (Å²) in [4.78, 5) is 0. The van der Waals surface area contributed by atoms with Crippen LogP contribution in [0.1, 0.15) is 51.0 Å². The van der Waals surface area contributed by atoms with E-state index >= 15 is 0 Å². The molecule has 0 radical (unpaired) electrons. The second-order valence-electron chi connectivity index (χ2n) is 5.97. The van der Waals surface area contributed by atoms with Gasteiger partial charge in [-0.05, 0) is 61.1 Å². The fourth-order valence-corrected chi connectivity index (χ4v) is 3.29. The summed E-state index contributed by atoms with van der Waals surface area (Å²) in [6.07, 6.45) is 5.39. The molecule has 0 spiro atoms. The summed E-state index contributed by atoms with van der Waals surface area (Å²) in [6, 6.07) is 6.46. The van der Waals surface area contributed by atoms with Crippen LogP contribution in [-0.2, 0) is 0 Å². The Labute approximate surface area is 109 Å². The zero-order chi connectivity index (χ0) is 12.5. The molecule has 98 valence electrons. The number of benzene rings is 1. The summed E-state index contributed by atoms with van der Waals surface area (Å²) in [6.45, 7) is 5.08. The topological polar surface area (TPSA) is 18.5 Å². The molecule has 0 bridgehead atoms. The maximum absolute atomic E-state index is 5.47. The van der Waals surface area contributed by atoms with Crippen molar-refractivity contribution in [3.8, 4) is 11.5 Å². The number of hydrogen-bond donors (Lipinski definition) is 0. The molecule has 18 heavy (non-hydrogen) atoms. The first kappa shape index (κ1) is 11.9. The van der Waals surface area contributed by atoms with Crippen LogP contribution in [0.2, 0.25) is 0 Å². The maximum atomic E-state index is 5.47. The average Bonchev–Trinajstić information content (AvgIpc) is 2.86. The first-order valence-electron chi connectivity index (χ1n) is 7.13. The smallest absolute Gasteiger partial charge is 0.231 e. The molecule has 0 saturated heterocycles. The van der Waals surface area contributed by atoms with Gasteiger partial charge in [0.25, 0.3) is 0 Å². The van der Waals surface area contributed by atoms with Gasteiger partial charge in [0.05, 0.1) is 0 Å². The average molecular weight is 246 g/mol. The van der Waals surface area contributed by atoms with Crippen LogP contribution in [0, 0.1) is 11.8 Å². The molecule has 1 aliphatic carbocycles. The normalized spacial score (nSPS) is 26.6. The second kappa shape index (κ2) is 4.83. The predicted octanol–water partition coefficient (Wildman–Crippen LogP) is 4.35. The van der Waals surface area contributed by atoms with Gasteiger partial charge in [0.15, 0.2) is 11.5 Å². The van der Waals surface area contributed by atoms with Crippen molar-refractivity contribution in [2.45, 2.75) is 45.4 Å². The molecule has 0 unspecified atom stereocenters. The summed E-state index contributed by atoms with van der Waals surface area (Å²) < 4.78 is 10.8. The first-order valence-corrected chi connectivity index (χ1v) is 7.13. The van der Waals surface area contributed by atoms with Gasteiger partial charge in [0.1, 0.15) is 0 Å². The van der Waals surface area contributed by atoms with Gasteiger partial charge in [-0.3, -0.25) is 0 Å². The molecule has 2 heteroatoms. The highest BCUT2D eigenvalue weighted by molar-refractivity contribution is 5.45. The van der Waals surface area contributed by atoms with Crippen molar-refractivity contribution in [3.63, 3.8) is 0 Å². The van der Waals surface area contributed by atoms with Crippen molar-refractivity contribution in [1.82, 2.24) is 0 Å². The lowest BCUT2D eigenvalue weighted by molar-refractivity contribution is 0.174. The molecule has 0 aromatic heterocycles. The van der Waals surface area contributed by atoms with Crippen LogP contribution in [0.4, 0.5) is 0 Å². The zero-order valence-electron chi connectivity index (χ0n) is 11.3. The summed E-state index contributed by atoms with van der Waals surface area (Å²) in [5, 5.41) is 0. The van der Waals surface area contributed by atoms with E-state index in [1.54, 1.807) is 0 Å². The molecule has 1 heterocycles. The van der Waals surface area contributed by atoms with Crippen LogP contribution >= 0.6 is 0 Å². The Morgan fingerprint density at radius 3 is 2.44 bits per heavy atom. The molecular formula is C16H22O2. The summed E-state index contributed by atoms with van der Waals surface area (Å²) in [5.74, 6) is 4.31. The van der Waals surface area contributed by atoms with E-state index in [1.165, 1.54) is 31.2 Å². The van der Waals surface area contributed by atoms with E-state index in [0.717, 1.165) is 29.3 Å². The van der Waals surface area contributed by atoms with E-state index in [0.29, 0.717) is 6.79 Å². The van der Waals surface area contributed by atoms with E-state index in [4.69, 9.17) is 9.47 Å². The second-order valence-corrected chi connectivity index (χ2v) is 5.97. The minimum Gasteiger partial charge on any atom is -0.454 e. The third-order valence-corrected chi connectivity index (χ3v) is 4.58. The lowest BCUT2D eigenvalue weighted by atomic mass is 9.75. The lowest BCUT2D eigenvalue weighted by Crippen LogP contribution is -2.17. The largest absolute Gasteiger partial charge is 0.454 e.